The summed E-state index contributed by atoms with van der Waals surface area (Å²) in [6.07, 6.45) is 5.32. The smallest absolute Gasteiger partial charge is 0.226 e. The van der Waals surface area contributed by atoms with Crippen LogP contribution in [0.4, 0.5) is 5.69 Å². The number of nitrogens with two attached hydrogens (primary N) is 1. The van der Waals surface area contributed by atoms with Gasteiger partial charge in [0.15, 0.2) is 0 Å². The maximum Gasteiger partial charge on any atom is 0.226 e. The van der Waals surface area contributed by atoms with E-state index in [4.69, 9.17) is 5.73 Å². The molecule has 0 spiro atoms. The van der Waals surface area contributed by atoms with Crippen molar-refractivity contribution >= 4 is 29.9 Å². The van der Waals surface area contributed by atoms with Crippen LogP contribution in [0.2, 0.25) is 0 Å². The summed E-state index contributed by atoms with van der Waals surface area (Å²) >= 11 is 0. The number of carbonyl (C=O) groups is 2. The quantitative estimate of drug-likeness (QED) is 0.874. The average Bonchev–Trinajstić information content (AvgIpc) is 3.00. The molecule has 1 saturated heterocycles. The van der Waals surface area contributed by atoms with Gasteiger partial charge in [-0.2, -0.15) is 0 Å². The van der Waals surface area contributed by atoms with Gasteiger partial charge in [-0.3, -0.25) is 9.59 Å². The molecule has 2 unspecified atom stereocenters. The maximum atomic E-state index is 12.1. The molecule has 132 valence electrons. The third-order valence-electron chi connectivity index (χ3n) is 4.88. The van der Waals surface area contributed by atoms with Crippen molar-refractivity contribution in [2.75, 3.05) is 11.4 Å². The summed E-state index contributed by atoms with van der Waals surface area (Å²) in [5.74, 6) is 0.373. The van der Waals surface area contributed by atoms with Crippen molar-refractivity contribution in [1.29, 1.82) is 0 Å². The summed E-state index contributed by atoms with van der Waals surface area (Å²) in [5, 5.41) is 2.99. The van der Waals surface area contributed by atoms with E-state index in [0.29, 0.717) is 13.0 Å². The Labute approximate surface area is 149 Å². The first-order valence-electron chi connectivity index (χ1n) is 8.56. The van der Waals surface area contributed by atoms with E-state index < -0.39 is 0 Å². The molecule has 5 nitrogen and oxygen atoms in total. The van der Waals surface area contributed by atoms with Crippen molar-refractivity contribution < 1.29 is 9.59 Å². The molecule has 3 rings (SSSR count). The second-order valence-electron chi connectivity index (χ2n) is 6.66. The number of halogens is 1. The Bertz CT molecular complexity index is 576. The number of rotatable bonds is 4. The lowest BCUT2D eigenvalue weighted by atomic mass is 10.1. The zero-order valence-corrected chi connectivity index (χ0v) is 14.7. The molecule has 1 heterocycles. The van der Waals surface area contributed by atoms with Gasteiger partial charge in [0.2, 0.25) is 11.8 Å². The number of piperidine rings is 1. The Balaban J connectivity index is 0.00000208. The zero-order chi connectivity index (χ0) is 16.2. The van der Waals surface area contributed by atoms with Crippen LogP contribution in [0.3, 0.4) is 0 Å². The van der Waals surface area contributed by atoms with E-state index in [1.807, 2.05) is 29.2 Å². The monoisotopic (exact) mass is 351 g/mol. The molecule has 1 aromatic rings. The second kappa shape index (κ2) is 8.49. The molecule has 0 radical (unpaired) electrons. The van der Waals surface area contributed by atoms with E-state index in [2.05, 4.69) is 5.32 Å². The molecule has 1 aliphatic heterocycles. The van der Waals surface area contributed by atoms with E-state index in [1.54, 1.807) is 0 Å². The van der Waals surface area contributed by atoms with Crippen LogP contribution in [-0.2, 0) is 16.1 Å². The molecule has 0 bridgehead atoms. The van der Waals surface area contributed by atoms with Crippen molar-refractivity contribution in [2.24, 2.45) is 11.7 Å². The number of hydrogen-bond acceptors (Lipinski definition) is 3. The number of anilines is 1. The first-order valence-corrected chi connectivity index (χ1v) is 8.56. The lowest BCUT2D eigenvalue weighted by molar-refractivity contribution is -0.125. The van der Waals surface area contributed by atoms with Crippen LogP contribution in [0.1, 0.15) is 44.1 Å². The Morgan fingerprint density at radius 1 is 1.21 bits per heavy atom. The first kappa shape index (κ1) is 18.7. The molecule has 6 heteroatoms. The summed E-state index contributed by atoms with van der Waals surface area (Å²) in [4.78, 5) is 25.9. The Morgan fingerprint density at radius 3 is 2.58 bits per heavy atom. The van der Waals surface area contributed by atoms with E-state index in [-0.39, 0.29) is 36.2 Å². The van der Waals surface area contributed by atoms with Crippen LogP contribution in [0.25, 0.3) is 0 Å². The van der Waals surface area contributed by atoms with Gasteiger partial charge in [0.1, 0.15) is 0 Å². The largest absolute Gasteiger partial charge is 0.352 e. The molecule has 2 amide bonds. The molecule has 0 aromatic heterocycles. The third kappa shape index (κ3) is 4.48. The number of nitrogens with one attached hydrogen (secondary N) is 1. The van der Waals surface area contributed by atoms with Crippen LogP contribution in [0.15, 0.2) is 24.3 Å². The SMILES string of the molecule is Cl.NC1CCC(C(=O)NCc2ccc(N3CCCCC3=O)cc2)C1. The van der Waals surface area contributed by atoms with Crippen molar-refractivity contribution in [3.8, 4) is 0 Å². The summed E-state index contributed by atoms with van der Waals surface area (Å²) in [7, 11) is 0. The highest BCUT2D eigenvalue weighted by Crippen LogP contribution is 2.24. The third-order valence-corrected chi connectivity index (χ3v) is 4.88. The maximum absolute atomic E-state index is 12.1. The molecular weight excluding hydrogens is 326 g/mol. The van der Waals surface area contributed by atoms with E-state index in [9.17, 15) is 9.59 Å². The summed E-state index contributed by atoms with van der Waals surface area (Å²) in [6.45, 7) is 1.33. The van der Waals surface area contributed by atoms with Crippen LogP contribution in [0, 0.1) is 5.92 Å². The Hall–Kier alpha value is -1.59. The van der Waals surface area contributed by atoms with Gasteiger partial charge < -0.3 is 16.0 Å². The fourth-order valence-electron chi connectivity index (χ4n) is 3.46. The van der Waals surface area contributed by atoms with Crippen LogP contribution in [0.5, 0.6) is 0 Å². The summed E-state index contributed by atoms with van der Waals surface area (Å²) < 4.78 is 0. The number of amides is 2. The first-order chi connectivity index (χ1) is 11.1. The minimum atomic E-state index is 0. The number of nitrogens with zero attached hydrogens (tertiary/aromatic N) is 1. The molecule has 1 aromatic carbocycles. The standard InChI is InChI=1S/C18H25N3O2.ClH/c19-15-7-6-14(11-15)18(23)20-12-13-4-8-16(9-5-13)21-10-2-1-3-17(21)22;/h4-5,8-9,14-15H,1-3,6-7,10-12,19H2,(H,20,23);1H. The van der Waals surface area contributed by atoms with Gasteiger partial charge in [0, 0.05) is 37.2 Å². The van der Waals surface area contributed by atoms with Gasteiger partial charge in [-0.15, -0.1) is 12.4 Å². The highest BCUT2D eigenvalue weighted by molar-refractivity contribution is 5.93. The molecule has 1 saturated carbocycles. The highest BCUT2D eigenvalue weighted by Gasteiger charge is 2.27. The average molecular weight is 352 g/mol. The van der Waals surface area contributed by atoms with Gasteiger partial charge in [-0.25, -0.2) is 0 Å². The summed E-state index contributed by atoms with van der Waals surface area (Å²) in [6, 6.07) is 8.08. The van der Waals surface area contributed by atoms with Gasteiger partial charge in [-0.05, 0) is 49.8 Å². The van der Waals surface area contributed by atoms with Crippen molar-refractivity contribution in [3.63, 3.8) is 0 Å². The van der Waals surface area contributed by atoms with E-state index in [0.717, 1.165) is 49.9 Å². The van der Waals surface area contributed by atoms with Crippen molar-refractivity contribution in [3.05, 3.63) is 29.8 Å². The Kier molecular flexibility index (Phi) is 6.63. The zero-order valence-electron chi connectivity index (χ0n) is 13.9. The van der Waals surface area contributed by atoms with Crippen LogP contribution < -0.4 is 16.0 Å². The lowest BCUT2D eigenvalue weighted by Gasteiger charge is -2.26. The summed E-state index contributed by atoms with van der Waals surface area (Å²) in [5.41, 5.74) is 7.86. The molecule has 24 heavy (non-hydrogen) atoms. The van der Waals surface area contributed by atoms with E-state index in [1.165, 1.54) is 0 Å². The molecule has 3 N–H and O–H groups in total. The predicted octanol–water partition coefficient (Wildman–Crippen LogP) is 2.37. The molecule has 1 aliphatic carbocycles. The minimum absolute atomic E-state index is 0. The van der Waals surface area contributed by atoms with E-state index >= 15 is 0 Å². The van der Waals surface area contributed by atoms with Crippen molar-refractivity contribution in [1.82, 2.24) is 5.32 Å². The predicted molar refractivity (Wildman–Crippen MR) is 97.1 cm³/mol. The van der Waals surface area contributed by atoms with Gasteiger partial charge in [0.05, 0.1) is 0 Å². The normalized spacial score (nSPS) is 23.7. The molecular formula is C18H26ClN3O2. The molecule has 2 fully saturated rings. The number of carbonyl (C=O) groups excluding carboxylic acids is 2. The fourth-order valence-corrected chi connectivity index (χ4v) is 3.46. The van der Waals surface area contributed by atoms with Gasteiger partial charge in [-0.1, -0.05) is 12.1 Å². The second-order valence-corrected chi connectivity index (χ2v) is 6.66. The topological polar surface area (TPSA) is 75.4 Å². The number of hydrogen-bond donors (Lipinski definition) is 2. The lowest BCUT2D eigenvalue weighted by Crippen LogP contribution is -2.35. The van der Waals surface area contributed by atoms with Gasteiger partial charge in [0.25, 0.3) is 0 Å². The number of benzene rings is 1. The van der Waals surface area contributed by atoms with Crippen LogP contribution >= 0.6 is 12.4 Å². The fraction of sp³-hybridized carbons (Fsp3) is 0.556. The van der Waals surface area contributed by atoms with Crippen molar-refractivity contribution in [2.45, 2.75) is 51.1 Å². The molecule has 2 atom stereocenters. The minimum Gasteiger partial charge on any atom is -0.352 e. The van der Waals surface area contributed by atoms with Gasteiger partial charge >= 0.3 is 0 Å². The highest BCUT2D eigenvalue weighted by atomic mass is 35.5. The molecule has 2 aliphatic rings. The van der Waals surface area contributed by atoms with Crippen LogP contribution in [-0.4, -0.2) is 24.4 Å². The Morgan fingerprint density at radius 2 is 1.96 bits per heavy atom.